The molecule has 2 N–H and O–H groups in total. The van der Waals surface area contributed by atoms with Crippen LogP contribution in [0.4, 0.5) is 17.2 Å². The zero-order valence-corrected chi connectivity index (χ0v) is 19.3. The van der Waals surface area contributed by atoms with Gasteiger partial charge in [-0.15, -0.1) is 0 Å². The molecule has 172 valence electrons. The van der Waals surface area contributed by atoms with Gasteiger partial charge in [0.1, 0.15) is 12.1 Å². The minimum absolute atomic E-state index is 0.0453. The fraction of sp³-hybridized carbons (Fsp3) is 0.375. The van der Waals surface area contributed by atoms with E-state index in [1.807, 2.05) is 26.0 Å². The molecular formula is C24H28N6O3. The number of benzene rings is 1. The van der Waals surface area contributed by atoms with Crippen molar-refractivity contribution in [3.8, 4) is 17.1 Å². The lowest BCUT2D eigenvalue weighted by Crippen LogP contribution is -2.15. The maximum atomic E-state index is 12.6. The lowest BCUT2D eigenvalue weighted by Gasteiger charge is -2.17. The minimum atomic E-state index is -0.0553. The fourth-order valence-corrected chi connectivity index (χ4v) is 3.58. The maximum Gasteiger partial charge on any atom is 0.228 e. The van der Waals surface area contributed by atoms with E-state index < -0.39 is 0 Å². The lowest BCUT2D eigenvalue weighted by atomic mass is 10.1. The Hall–Kier alpha value is -3.75. The third-order valence-electron chi connectivity index (χ3n) is 5.53. The summed E-state index contributed by atoms with van der Waals surface area (Å²) in [6.45, 7) is 6.47. The van der Waals surface area contributed by atoms with E-state index in [1.165, 1.54) is 6.20 Å². The van der Waals surface area contributed by atoms with E-state index in [4.69, 9.17) is 4.74 Å². The molecule has 4 rings (SSSR count). The van der Waals surface area contributed by atoms with Gasteiger partial charge in [0.2, 0.25) is 5.91 Å². The second-order valence-corrected chi connectivity index (χ2v) is 8.10. The van der Waals surface area contributed by atoms with E-state index in [0.717, 1.165) is 24.0 Å². The second kappa shape index (κ2) is 9.40. The van der Waals surface area contributed by atoms with E-state index in [0.29, 0.717) is 47.3 Å². The van der Waals surface area contributed by atoms with Gasteiger partial charge < -0.3 is 15.4 Å². The van der Waals surface area contributed by atoms with Gasteiger partial charge >= 0.3 is 0 Å². The van der Waals surface area contributed by atoms with Crippen LogP contribution in [0.3, 0.4) is 0 Å². The zero-order chi connectivity index (χ0) is 23.5. The molecule has 9 heteroatoms. The second-order valence-electron chi connectivity index (χ2n) is 8.10. The molecule has 9 nitrogen and oxygen atoms in total. The molecule has 1 fully saturated rings. The summed E-state index contributed by atoms with van der Waals surface area (Å²) in [5.41, 5.74) is 3.37. The highest BCUT2D eigenvalue weighted by molar-refractivity contribution is 6.03. The number of aromatic nitrogens is 4. The van der Waals surface area contributed by atoms with Crippen LogP contribution in [0.2, 0.25) is 0 Å². The molecule has 1 amide bonds. The first kappa shape index (κ1) is 22.4. The Morgan fingerprint density at radius 1 is 1.15 bits per heavy atom. The summed E-state index contributed by atoms with van der Waals surface area (Å²) in [6.07, 6.45) is 5.31. The van der Waals surface area contributed by atoms with Crippen molar-refractivity contribution in [3.05, 3.63) is 41.9 Å². The molecule has 2 aromatic heterocycles. The number of carbonyl (C=O) groups is 2. The molecule has 1 aliphatic carbocycles. The van der Waals surface area contributed by atoms with Crippen molar-refractivity contribution in [1.29, 1.82) is 0 Å². The van der Waals surface area contributed by atoms with E-state index >= 15 is 0 Å². The summed E-state index contributed by atoms with van der Waals surface area (Å²) in [5, 5.41) is 10.7. The van der Waals surface area contributed by atoms with Gasteiger partial charge in [-0.05, 0) is 44.4 Å². The van der Waals surface area contributed by atoms with Crippen LogP contribution >= 0.6 is 0 Å². The summed E-state index contributed by atoms with van der Waals surface area (Å²) in [6, 6.07) is 5.59. The largest absolute Gasteiger partial charge is 0.494 e. The average Bonchev–Trinajstić information content (AvgIpc) is 3.55. The Labute approximate surface area is 192 Å². The standard InChI is InChI=1S/C24H28N6O3/c1-5-20(31)17-12-25-21(28-24(32)15-7-8-15)11-18(17)27-19-10-14(3)9-16(22(19)33-4)23-26-13-30(6-2)29-23/h9-13,15H,5-8H2,1-4H3,(H2,25,27,28,32). The van der Waals surface area contributed by atoms with Crippen molar-refractivity contribution in [3.63, 3.8) is 0 Å². The molecule has 1 saturated carbocycles. The van der Waals surface area contributed by atoms with Gasteiger partial charge in [0.15, 0.2) is 17.4 Å². The number of ether oxygens (including phenoxy) is 1. The molecule has 1 aliphatic rings. The van der Waals surface area contributed by atoms with Gasteiger partial charge in [0.05, 0.1) is 29.6 Å². The van der Waals surface area contributed by atoms with E-state index in [1.54, 1.807) is 31.1 Å². The van der Waals surface area contributed by atoms with Crippen molar-refractivity contribution in [2.24, 2.45) is 5.92 Å². The normalized spacial score (nSPS) is 13.0. The number of hydrogen-bond donors (Lipinski definition) is 2. The molecule has 0 aliphatic heterocycles. The van der Waals surface area contributed by atoms with Gasteiger partial charge in [-0.3, -0.25) is 14.3 Å². The highest BCUT2D eigenvalue weighted by Gasteiger charge is 2.30. The van der Waals surface area contributed by atoms with E-state index in [-0.39, 0.29) is 17.6 Å². The van der Waals surface area contributed by atoms with E-state index in [2.05, 4.69) is 25.7 Å². The quantitative estimate of drug-likeness (QED) is 0.468. The number of anilines is 3. The van der Waals surface area contributed by atoms with Gasteiger partial charge in [-0.25, -0.2) is 9.97 Å². The third-order valence-corrected chi connectivity index (χ3v) is 5.53. The summed E-state index contributed by atoms with van der Waals surface area (Å²) >= 11 is 0. The molecule has 33 heavy (non-hydrogen) atoms. The zero-order valence-electron chi connectivity index (χ0n) is 19.3. The van der Waals surface area contributed by atoms with Crippen LogP contribution in [0.5, 0.6) is 5.75 Å². The topological polar surface area (TPSA) is 111 Å². The Kier molecular flexibility index (Phi) is 6.39. The highest BCUT2D eigenvalue weighted by Crippen LogP contribution is 2.39. The van der Waals surface area contributed by atoms with Crippen molar-refractivity contribution >= 4 is 28.9 Å². The number of Topliss-reactive ketones (excluding diaryl/α,β-unsaturated/α-hetero) is 1. The number of methoxy groups -OCH3 is 1. The molecule has 3 aromatic rings. The third kappa shape index (κ3) is 4.87. The first-order valence-electron chi connectivity index (χ1n) is 11.1. The highest BCUT2D eigenvalue weighted by atomic mass is 16.5. The van der Waals surface area contributed by atoms with Crippen molar-refractivity contribution in [1.82, 2.24) is 19.7 Å². The first-order chi connectivity index (χ1) is 15.9. The van der Waals surface area contributed by atoms with Crippen LogP contribution in [-0.2, 0) is 11.3 Å². The lowest BCUT2D eigenvalue weighted by molar-refractivity contribution is -0.117. The van der Waals surface area contributed by atoms with Gasteiger partial charge in [-0.1, -0.05) is 6.92 Å². The van der Waals surface area contributed by atoms with Crippen LogP contribution in [-0.4, -0.2) is 38.5 Å². The van der Waals surface area contributed by atoms with Crippen molar-refractivity contribution < 1.29 is 14.3 Å². The number of ketones is 1. The van der Waals surface area contributed by atoms with Crippen LogP contribution in [0, 0.1) is 12.8 Å². The summed E-state index contributed by atoms with van der Waals surface area (Å²) in [5.74, 6) is 1.46. The van der Waals surface area contributed by atoms with Gasteiger partial charge in [0, 0.05) is 31.1 Å². The molecule has 0 radical (unpaired) electrons. The Bertz CT molecular complexity index is 1200. The molecule has 0 spiro atoms. The monoisotopic (exact) mass is 448 g/mol. The predicted molar refractivity (Wildman–Crippen MR) is 126 cm³/mol. The summed E-state index contributed by atoms with van der Waals surface area (Å²) in [4.78, 5) is 33.5. The van der Waals surface area contributed by atoms with Gasteiger partial charge in [0.25, 0.3) is 0 Å². The SMILES string of the molecule is CCC(=O)c1cnc(NC(=O)C2CC2)cc1Nc1cc(C)cc(-c2ncn(CC)n2)c1OC. The predicted octanol–water partition coefficient (Wildman–Crippen LogP) is 4.36. The summed E-state index contributed by atoms with van der Waals surface area (Å²) in [7, 11) is 1.59. The van der Waals surface area contributed by atoms with Crippen LogP contribution < -0.4 is 15.4 Å². The number of aryl methyl sites for hydroxylation is 2. The number of nitrogens with one attached hydrogen (secondary N) is 2. The maximum absolute atomic E-state index is 12.6. The molecule has 0 unspecified atom stereocenters. The number of rotatable bonds is 9. The van der Waals surface area contributed by atoms with Crippen molar-refractivity contribution in [2.75, 3.05) is 17.7 Å². The minimum Gasteiger partial charge on any atom is -0.494 e. The smallest absolute Gasteiger partial charge is 0.228 e. The Morgan fingerprint density at radius 3 is 2.58 bits per heavy atom. The number of nitrogens with zero attached hydrogens (tertiary/aromatic N) is 4. The number of pyridine rings is 1. The number of amides is 1. The molecule has 1 aromatic carbocycles. The first-order valence-corrected chi connectivity index (χ1v) is 11.1. The van der Waals surface area contributed by atoms with Crippen LogP contribution in [0.25, 0.3) is 11.4 Å². The number of carbonyl (C=O) groups excluding carboxylic acids is 2. The Morgan fingerprint density at radius 2 is 1.94 bits per heavy atom. The van der Waals surface area contributed by atoms with Crippen LogP contribution in [0.1, 0.15) is 49.0 Å². The van der Waals surface area contributed by atoms with E-state index in [9.17, 15) is 9.59 Å². The van der Waals surface area contributed by atoms with Crippen molar-refractivity contribution in [2.45, 2.75) is 46.6 Å². The van der Waals surface area contributed by atoms with Crippen LogP contribution in [0.15, 0.2) is 30.7 Å². The van der Waals surface area contributed by atoms with Gasteiger partial charge in [-0.2, -0.15) is 5.10 Å². The molecule has 0 bridgehead atoms. The molecular weight excluding hydrogens is 420 g/mol. The Balaban J connectivity index is 1.75. The molecule has 2 heterocycles. The summed E-state index contributed by atoms with van der Waals surface area (Å²) < 4.78 is 7.49. The molecule has 0 atom stereocenters. The average molecular weight is 449 g/mol. The fourth-order valence-electron chi connectivity index (χ4n) is 3.58. The number of hydrogen-bond acceptors (Lipinski definition) is 7. The molecule has 0 saturated heterocycles.